The molecule has 3 saturated heterocycles. The molecule has 1 saturated carbocycles. The molecule has 4 N–H and O–H groups in total. The third kappa shape index (κ3) is 7.13. The number of hydrogen-bond acceptors (Lipinski definition) is 10. The van der Waals surface area contributed by atoms with Crippen molar-refractivity contribution in [2.24, 2.45) is 0 Å². The Hall–Kier alpha value is -4.82. The number of halogens is 1. The number of nitrogens with zero attached hydrogens (tertiary/aromatic N) is 6. The summed E-state index contributed by atoms with van der Waals surface area (Å²) in [6.45, 7) is 5.43. The molecule has 52 heavy (non-hydrogen) atoms. The third-order valence-electron chi connectivity index (χ3n) is 10.9. The second-order valence-electron chi connectivity index (χ2n) is 14.7. The normalized spacial score (nSPS) is 22.5. The Kier molecular flexibility index (Phi) is 9.66. The number of pyridine rings is 2. The van der Waals surface area contributed by atoms with E-state index in [-0.39, 0.29) is 48.3 Å². The van der Waals surface area contributed by atoms with Crippen LogP contribution >= 0.6 is 0 Å². The molecule has 9 rings (SSSR count). The molecule has 274 valence electrons. The first kappa shape index (κ1) is 34.3. The van der Waals surface area contributed by atoms with Crippen LogP contribution in [0.1, 0.15) is 72.9 Å². The van der Waals surface area contributed by atoms with Crippen LogP contribution in [0.25, 0.3) is 0 Å². The van der Waals surface area contributed by atoms with E-state index in [1.807, 2.05) is 17.2 Å². The number of rotatable bonds is 6. The number of piperazine rings is 1. The van der Waals surface area contributed by atoms with E-state index in [1.165, 1.54) is 6.07 Å². The fraction of sp³-hybridized carbons (Fsp3) is 0.500. The van der Waals surface area contributed by atoms with Gasteiger partial charge in [0.05, 0.1) is 23.7 Å². The highest BCUT2D eigenvalue weighted by molar-refractivity contribution is 6.03. The zero-order chi connectivity index (χ0) is 35.8. The van der Waals surface area contributed by atoms with E-state index in [0.29, 0.717) is 24.3 Å². The van der Waals surface area contributed by atoms with Crippen molar-refractivity contribution in [3.8, 4) is 0 Å². The SMILES string of the molecule is O=C(NC1CC1)c1ccc(N2CCN(Cc3cnc4c(c3)NC(=O)[C@@H]3CCCCN43)CC2)c(F)c1.O=C1Nc2cc(CO)cnc2N2CCCC[C@@H]12. The van der Waals surface area contributed by atoms with Crippen molar-refractivity contribution in [3.63, 3.8) is 0 Å². The summed E-state index contributed by atoms with van der Waals surface area (Å²) >= 11 is 0. The highest BCUT2D eigenvalue weighted by Crippen LogP contribution is 2.36. The van der Waals surface area contributed by atoms with E-state index in [4.69, 9.17) is 10.1 Å². The van der Waals surface area contributed by atoms with Crippen molar-refractivity contribution in [3.05, 3.63) is 65.2 Å². The molecule has 14 heteroatoms. The van der Waals surface area contributed by atoms with Gasteiger partial charge in [0.2, 0.25) is 11.8 Å². The number of carbonyl (C=O) groups is 3. The smallest absolute Gasteiger partial charge is 0.251 e. The van der Waals surface area contributed by atoms with Gasteiger partial charge in [0, 0.05) is 69.8 Å². The maximum Gasteiger partial charge on any atom is 0.251 e. The molecule has 5 aliphatic heterocycles. The summed E-state index contributed by atoms with van der Waals surface area (Å²) in [5.41, 5.74) is 4.23. The monoisotopic (exact) mass is 711 g/mol. The van der Waals surface area contributed by atoms with Crippen molar-refractivity contribution in [2.45, 2.75) is 82.6 Å². The molecule has 2 aromatic heterocycles. The second-order valence-corrected chi connectivity index (χ2v) is 14.7. The minimum Gasteiger partial charge on any atom is -0.392 e. The molecule has 0 spiro atoms. The lowest BCUT2D eigenvalue weighted by Crippen LogP contribution is -2.51. The molecular weight excluding hydrogens is 665 g/mol. The number of nitrogens with one attached hydrogen (secondary N) is 3. The number of aromatic nitrogens is 2. The van der Waals surface area contributed by atoms with Crippen molar-refractivity contribution in [1.82, 2.24) is 20.2 Å². The van der Waals surface area contributed by atoms with Crippen molar-refractivity contribution < 1.29 is 23.9 Å². The molecule has 4 fully saturated rings. The fourth-order valence-electron chi connectivity index (χ4n) is 7.97. The first-order chi connectivity index (χ1) is 25.3. The van der Waals surface area contributed by atoms with Crippen molar-refractivity contribution in [1.29, 1.82) is 0 Å². The van der Waals surface area contributed by atoms with Gasteiger partial charge in [0.1, 0.15) is 17.9 Å². The molecule has 3 aromatic rings. The molecule has 7 heterocycles. The summed E-state index contributed by atoms with van der Waals surface area (Å²) in [6.07, 6.45) is 11.8. The Labute approximate surface area is 302 Å². The predicted octanol–water partition coefficient (Wildman–Crippen LogP) is 3.63. The Morgan fingerprint density at radius 3 is 1.96 bits per heavy atom. The number of hydrogen-bond donors (Lipinski definition) is 4. The Morgan fingerprint density at radius 1 is 0.788 bits per heavy atom. The van der Waals surface area contributed by atoms with Gasteiger partial charge >= 0.3 is 0 Å². The molecule has 0 unspecified atom stereocenters. The lowest BCUT2D eigenvalue weighted by Gasteiger charge is -2.40. The highest BCUT2D eigenvalue weighted by atomic mass is 19.1. The van der Waals surface area contributed by atoms with Crippen LogP contribution in [0.2, 0.25) is 0 Å². The molecule has 13 nitrogen and oxygen atoms in total. The quantitative estimate of drug-likeness (QED) is 0.299. The zero-order valence-corrected chi connectivity index (χ0v) is 29.3. The Morgan fingerprint density at radius 2 is 1.38 bits per heavy atom. The number of benzene rings is 1. The number of anilines is 5. The van der Waals surface area contributed by atoms with E-state index < -0.39 is 0 Å². The summed E-state index contributed by atoms with van der Waals surface area (Å²) in [7, 11) is 0. The van der Waals surface area contributed by atoms with Crippen LogP contribution < -0.4 is 30.7 Å². The van der Waals surface area contributed by atoms with Gasteiger partial charge < -0.3 is 35.8 Å². The summed E-state index contributed by atoms with van der Waals surface area (Å²) in [5, 5.41) is 17.9. The van der Waals surface area contributed by atoms with Gasteiger partial charge in [0.25, 0.3) is 5.91 Å². The average molecular weight is 712 g/mol. The predicted molar refractivity (Wildman–Crippen MR) is 196 cm³/mol. The van der Waals surface area contributed by atoms with Crippen LogP contribution in [0.3, 0.4) is 0 Å². The number of piperidine rings is 2. The maximum atomic E-state index is 14.8. The van der Waals surface area contributed by atoms with Crippen LogP contribution in [-0.2, 0) is 22.7 Å². The number of fused-ring (bicyclic) bond motifs is 6. The van der Waals surface area contributed by atoms with Crippen LogP contribution in [0.15, 0.2) is 42.7 Å². The van der Waals surface area contributed by atoms with Crippen molar-refractivity contribution in [2.75, 3.05) is 64.6 Å². The van der Waals surface area contributed by atoms with E-state index in [2.05, 4.69) is 35.6 Å². The van der Waals surface area contributed by atoms with Gasteiger partial charge in [-0.1, -0.05) is 0 Å². The minimum atomic E-state index is -0.354. The summed E-state index contributed by atoms with van der Waals surface area (Å²) in [4.78, 5) is 54.4. The number of carbonyl (C=O) groups excluding carboxylic acids is 3. The highest BCUT2D eigenvalue weighted by Gasteiger charge is 2.37. The van der Waals surface area contributed by atoms with Gasteiger partial charge in [-0.3, -0.25) is 19.3 Å². The summed E-state index contributed by atoms with van der Waals surface area (Å²) < 4.78 is 14.8. The lowest BCUT2D eigenvalue weighted by molar-refractivity contribution is -0.118. The van der Waals surface area contributed by atoms with Gasteiger partial charge in [-0.25, -0.2) is 14.4 Å². The topological polar surface area (TPSA) is 146 Å². The molecule has 1 aromatic carbocycles. The fourth-order valence-corrected chi connectivity index (χ4v) is 7.97. The minimum absolute atomic E-state index is 0.0501. The zero-order valence-electron chi connectivity index (χ0n) is 29.3. The van der Waals surface area contributed by atoms with Crippen LogP contribution in [0, 0.1) is 5.82 Å². The lowest BCUT2D eigenvalue weighted by atomic mass is 9.99. The number of amides is 3. The summed E-state index contributed by atoms with van der Waals surface area (Å²) in [6, 6.07) is 8.71. The van der Waals surface area contributed by atoms with Crippen LogP contribution in [-0.4, -0.2) is 95.1 Å². The van der Waals surface area contributed by atoms with E-state index >= 15 is 0 Å². The molecule has 0 bridgehead atoms. The summed E-state index contributed by atoms with van der Waals surface area (Å²) in [5.74, 6) is 1.29. The van der Waals surface area contributed by atoms with E-state index in [1.54, 1.807) is 24.4 Å². The van der Waals surface area contributed by atoms with Gasteiger partial charge in [-0.2, -0.15) is 0 Å². The van der Waals surface area contributed by atoms with E-state index in [0.717, 1.165) is 118 Å². The molecule has 3 amide bonds. The van der Waals surface area contributed by atoms with Crippen LogP contribution in [0.5, 0.6) is 0 Å². The molecule has 0 radical (unpaired) electrons. The largest absolute Gasteiger partial charge is 0.392 e. The average Bonchev–Trinajstić information content (AvgIpc) is 3.99. The third-order valence-corrected chi connectivity index (χ3v) is 10.9. The maximum absolute atomic E-state index is 14.8. The van der Waals surface area contributed by atoms with Gasteiger partial charge in [0.15, 0.2) is 11.6 Å². The van der Waals surface area contributed by atoms with Gasteiger partial charge in [-0.15, -0.1) is 0 Å². The second kappa shape index (κ2) is 14.7. The van der Waals surface area contributed by atoms with Crippen LogP contribution in [0.4, 0.5) is 33.1 Å². The molecule has 2 atom stereocenters. The van der Waals surface area contributed by atoms with Gasteiger partial charge in [-0.05, 0) is 92.8 Å². The number of aliphatic hydroxyl groups excluding tert-OH is 1. The standard InChI is InChI=1S/C26H31FN6O2.C12H15N3O2/c27-20-14-18(25(34)29-19-5-6-19)4-7-22(20)32-11-9-31(10-12-32)16-17-13-21-24(28-15-17)33-8-2-1-3-23(33)26(35)30-21;16-7-8-5-9-11(13-6-8)15-4-2-1-3-10(15)12(17)14-9/h4,7,13-15,19,23H,1-3,5-6,8-12,16H2,(H,29,34)(H,30,35);5-6,10,16H,1-4,7H2,(H,14,17)/t23-;10-/m00/s1. The Balaban J connectivity index is 0.000000190. The Bertz CT molecular complexity index is 1850. The molecular formula is C38H46FN9O4. The number of aliphatic hydroxyl groups is 1. The van der Waals surface area contributed by atoms with E-state index in [9.17, 15) is 18.8 Å². The first-order valence-corrected chi connectivity index (χ1v) is 18.7. The first-order valence-electron chi connectivity index (χ1n) is 18.7. The molecule has 6 aliphatic rings. The van der Waals surface area contributed by atoms with Crippen molar-refractivity contribution >= 4 is 46.4 Å². The molecule has 1 aliphatic carbocycles.